The zero-order chi connectivity index (χ0) is 10.3. The first kappa shape index (κ1) is 9.29. The van der Waals surface area contributed by atoms with E-state index in [4.69, 9.17) is 4.55 Å². The van der Waals surface area contributed by atoms with Crippen LogP contribution in [0.5, 0.6) is 0 Å². The van der Waals surface area contributed by atoms with Crippen molar-refractivity contribution in [2.45, 2.75) is 4.90 Å². The molecule has 0 aliphatic heterocycles. The van der Waals surface area contributed by atoms with E-state index in [0.717, 1.165) is 6.07 Å². The Morgan fingerprint density at radius 1 is 1.36 bits per heavy atom. The Kier molecular flexibility index (Phi) is 2.09. The van der Waals surface area contributed by atoms with Crippen LogP contribution < -0.4 is 0 Å². The summed E-state index contributed by atoms with van der Waals surface area (Å²) in [6.07, 6.45) is 1.18. The summed E-state index contributed by atoms with van der Waals surface area (Å²) >= 11 is -2.28. The molecule has 2 N–H and O–H groups in total. The summed E-state index contributed by atoms with van der Waals surface area (Å²) in [6.45, 7) is 0. The summed E-state index contributed by atoms with van der Waals surface area (Å²) in [7, 11) is 0. The Morgan fingerprint density at radius 3 is 2.71 bits per heavy atom. The number of aromatic nitrogens is 1. The van der Waals surface area contributed by atoms with Crippen LogP contribution in [0.4, 0.5) is 8.78 Å². The van der Waals surface area contributed by atoms with Crippen LogP contribution in [0.2, 0.25) is 0 Å². The van der Waals surface area contributed by atoms with Gasteiger partial charge in [0.25, 0.3) is 0 Å². The molecule has 2 rings (SSSR count). The maximum Gasteiger partial charge on any atom is 0.188 e. The van der Waals surface area contributed by atoms with Crippen LogP contribution in [0, 0.1) is 11.6 Å². The number of hydrogen-bond donors (Lipinski definition) is 2. The number of rotatable bonds is 1. The van der Waals surface area contributed by atoms with Crippen molar-refractivity contribution < 1.29 is 17.5 Å². The van der Waals surface area contributed by atoms with Gasteiger partial charge >= 0.3 is 0 Å². The van der Waals surface area contributed by atoms with Crippen molar-refractivity contribution in [3.8, 4) is 0 Å². The zero-order valence-electron chi connectivity index (χ0n) is 6.75. The van der Waals surface area contributed by atoms with Gasteiger partial charge in [0.15, 0.2) is 11.1 Å². The fraction of sp³-hybridized carbons (Fsp3) is 0. The van der Waals surface area contributed by atoms with Gasteiger partial charge in [0.1, 0.15) is 11.6 Å². The summed E-state index contributed by atoms with van der Waals surface area (Å²) in [5.41, 5.74) is 0.167. The third-order valence-corrected chi connectivity index (χ3v) is 2.55. The Hall–Kier alpha value is -1.27. The van der Waals surface area contributed by atoms with E-state index in [1.54, 1.807) is 0 Å². The van der Waals surface area contributed by atoms with E-state index < -0.39 is 22.7 Å². The van der Waals surface area contributed by atoms with Crippen molar-refractivity contribution in [3.63, 3.8) is 0 Å². The first-order valence-electron chi connectivity index (χ1n) is 3.66. The molecule has 1 atom stereocenters. The third kappa shape index (κ3) is 1.32. The molecule has 3 nitrogen and oxygen atoms in total. The summed E-state index contributed by atoms with van der Waals surface area (Å²) in [5.74, 6) is -1.58. The highest BCUT2D eigenvalue weighted by atomic mass is 32.2. The molecule has 0 amide bonds. The summed E-state index contributed by atoms with van der Waals surface area (Å²) in [4.78, 5) is 2.43. The topological polar surface area (TPSA) is 53.1 Å². The van der Waals surface area contributed by atoms with Gasteiger partial charge in [-0.25, -0.2) is 13.0 Å². The fourth-order valence-electron chi connectivity index (χ4n) is 1.29. The average Bonchev–Trinajstić information content (AvgIpc) is 2.47. The lowest BCUT2D eigenvalue weighted by Gasteiger charge is -1.95. The minimum atomic E-state index is -2.28. The maximum absolute atomic E-state index is 13.2. The third-order valence-electron chi connectivity index (χ3n) is 1.85. The number of halogens is 2. The highest BCUT2D eigenvalue weighted by Gasteiger charge is 2.13. The van der Waals surface area contributed by atoms with Gasteiger partial charge in [-0.15, -0.1) is 0 Å². The Labute approximate surface area is 80.0 Å². The van der Waals surface area contributed by atoms with Crippen LogP contribution >= 0.6 is 0 Å². The predicted molar refractivity (Wildman–Crippen MR) is 47.3 cm³/mol. The molecule has 1 unspecified atom stereocenters. The first-order chi connectivity index (χ1) is 6.59. The van der Waals surface area contributed by atoms with E-state index in [-0.39, 0.29) is 15.8 Å². The van der Waals surface area contributed by atoms with Crippen LogP contribution in [-0.4, -0.2) is 13.7 Å². The summed E-state index contributed by atoms with van der Waals surface area (Å²) in [5, 5.41) is -0.0489. The molecule has 0 bridgehead atoms. The molecule has 0 saturated carbocycles. The minimum Gasteiger partial charge on any atom is -0.360 e. The van der Waals surface area contributed by atoms with E-state index >= 15 is 0 Å². The van der Waals surface area contributed by atoms with E-state index in [2.05, 4.69) is 4.98 Å². The van der Waals surface area contributed by atoms with E-state index in [1.165, 1.54) is 6.20 Å². The number of benzene rings is 1. The lowest BCUT2D eigenvalue weighted by Crippen LogP contribution is -1.88. The first-order valence-corrected chi connectivity index (χ1v) is 4.77. The molecule has 0 saturated heterocycles. The van der Waals surface area contributed by atoms with Gasteiger partial charge in [0, 0.05) is 12.3 Å². The van der Waals surface area contributed by atoms with Gasteiger partial charge in [0.05, 0.1) is 15.8 Å². The van der Waals surface area contributed by atoms with Crippen LogP contribution in [-0.2, 0) is 11.1 Å². The molecular formula is C8H5F2NO2S. The quantitative estimate of drug-likeness (QED) is 0.718. The number of hydrogen-bond acceptors (Lipinski definition) is 1. The van der Waals surface area contributed by atoms with Crippen LogP contribution in [0.15, 0.2) is 23.2 Å². The minimum absolute atomic E-state index is 0.0489. The molecule has 0 aliphatic rings. The Balaban J connectivity index is 2.85. The highest BCUT2D eigenvalue weighted by molar-refractivity contribution is 7.79. The molecular weight excluding hydrogens is 212 g/mol. The normalized spacial score (nSPS) is 13.4. The van der Waals surface area contributed by atoms with Crippen molar-refractivity contribution in [2.75, 3.05) is 0 Å². The lowest BCUT2D eigenvalue weighted by atomic mass is 10.2. The van der Waals surface area contributed by atoms with Gasteiger partial charge in [0.2, 0.25) is 0 Å². The van der Waals surface area contributed by atoms with Gasteiger partial charge in [-0.3, -0.25) is 0 Å². The smallest absolute Gasteiger partial charge is 0.188 e. The van der Waals surface area contributed by atoms with Gasteiger partial charge in [-0.2, -0.15) is 0 Å². The number of nitrogens with one attached hydrogen (secondary N) is 1. The second kappa shape index (κ2) is 3.14. The van der Waals surface area contributed by atoms with Gasteiger partial charge in [-0.1, -0.05) is 0 Å². The van der Waals surface area contributed by atoms with Crippen molar-refractivity contribution in [2.24, 2.45) is 0 Å². The molecule has 74 valence electrons. The molecule has 2 aromatic rings. The van der Waals surface area contributed by atoms with Gasteiger partial charge in [-0.05, 0) is 6.07 Å². The van der Waals surface area contributed by atoms with Crippen molar-refractivity contribution in [1.29, 1.82) is 0 Å². The van der Waals surface area contributed by atoms with Crippen molar-refractivity contribution in [3.05, 3.63) is 30.0 Å². The number of aromatic amines is 1. The Bertz CT molecular complexity index is 523. The molecule has 14 heavy (non-hydrogen) atoms. The molecule has 1 aromatic carbocycles. The van der Waals surface area contributed by atoms with E-state index in [9.17, 15) is 13.0 Å². The standard InChI is InChI=1S/C8H5F2NO2S/c9-4-1-5(10)8-6(2-4)11-3-7(8)14(12)13/h1-3,11H,(H,12,13). The van der Waals surface area contributed by atoms with Crippen molar-refractivity contribution in [1.82, 2.24) is 4.98 Å². The molecule has 0 radical (unpaired) electrons. The second-order valence-corrected chi connectivity index (χ2v) is 3.65. The second-order valence-electron chi connectivity index (χ2n) is 2.71. The molecule has 1 heterocycles. The van der Waals surface area contributed by atoms with Crippen LogP contribution in [0.3, 0.4) is 0 Å². The monoisotopic (exact) mass is 217 g/mol. The van der Waals surface area contributed by atoms with Gasteiger partial charge < -0.3 is 9.54 Å². The SMILES string of the molecule is O=S(O)c1c[nH]c2cc(F)cc(F)c12. The molecule has 1 aromatic heterocycles. The fourth-order valence-corrected chi connectivity index (χ4v) is 1.83. The molecule has 0 spiro atoms. The lowest BCUT2D eigenvalue weighted by molar-refractivity contribution is 0.563. The Morgan fingerprint density at radius 2 is 2.07 bits per heavy atom. The largest absolute Gasteiger partial charge is 0.360 e. The van der Waals surface area contributed by atoms with Crippen LogP contribution in [0.1, 0.15) is 0 Å². The highest BCUT2D eigenvalue weighted by Crippen LogP contribution is 2.24. The molecule has 6 heteroatoms. The predicted octanol–water partition coefficient (Wildman–Crippen LogP) is 2.03. The summed E-state index contributed by atoms with van der Waals surface area (Å²) < 4.78 is 45.4. The maximum atomic E-state index is 13.2. The molecule has 0 fully saturated rings. The average molecular weight is 217 g/mol. The number of fused-ring (bicyclic) bond motifs is 1. The zero-order valence-corrected chi connectivity index (χ0v) is 7.57. The van der Waals surface area contributed by atoms with E-state index in [1.807, 2.05) is 0 Å². The molecule has 0 aliphatic carbocycles. The summed E-state index contributed by atoms with van der Waals surface area (Å²) in [6, 6.07) is 1.74. The van der Waals surface area contributed by atoms with Crippen molar-refractivity contribution >= 4 is 22.0 Å². The van der Waals surface area contributed by atoms with E-state index in [0.29, 0.717) is 6.07 Å². The van der Waals surface area contributed by atoms with Crippen LogP contribution in [0.25, 0.3) is 10.9 Å². The number of H-pyrrole nitrogens is 1.